The molecule has 1 atom stereocenters. The number of hydrogen-bond acceptors (Lipinski definition) is 5. The number of methoxy groups -OCH3 is 1. The van der Waals surface area contributed by atoms with Crippen LogP contribution in [0.1, 0.15) is 22.0 Å². The number of rotatable bonds is 5. The van der Waals surface area contributed by atoms with Crippen molar-refractivity contribution in [3.05, 3.63) is 92.4 Å². The summed E-state index contributed by atoms with van der Waals surface area (Å²) in [5.74, 6) is -1.81. The minimum atomic E-state index is -0.787. The van der Waals surface area contributed by atoms with Gasteiger partial charge in [0, 0.05) is 17.0 Å². The van der Waals surface area contributed by atoms with E-state index in [1.165, 1.54) is 41.5 Å². The molecule has 4 rings (SSSR count). The van der Waals surface area contributed by atoms with Crippen LogP contribution in [0.4, 0.5) is 4.39 Å². The van der Waals surface area contributed by atoms with Crippen molar-refractivity contribution >= 4 is 40.4 Å². The van der Waals surface area contributed by atoms with Gasteiger partial charge in [0.2, 0.25) is 0 Å². The molecule has 1 aliphatic rings. The van der Waals surface area contributed by atoms with Crippen molar-refractivity contribution in [3.8, 4) is 5.75 Å². The van der Waals surface area contributed by atoms with Gasteiger partial charge >= 0.3 is 0 Å². The highest BCUT2D eigenvalue weighted by atomic mass is 35.5. The van der Waals surface area contributed by atoms with Crippen molar-refractivity contribution in [2.24, 2.45) is 0 Å². The molecule has 31 heavy (non-hydrogen) atoms. The van der Waals surface area contributed by atoms with E-state index in [0.717, 1.165) is 4.88 Å². The first-order valence-electron chi connectivity index (χ1n) is 9.31. The van der Waals surface area contributed by atoms with Crippen molar-refractivity contribution in [3.63, 3.8) is 0 Å². The number of likely N-dealkylation sites (tertiary alicyclic amines) is 1. The Balaban J connectivity index is 1.81. The van der Waals surface area contributed by atoms with Gasteiger partial charge in [-0.3, -0.25) is 9.59 Å². The van der Waals surface area contributed by atoms with Gasteiger partial charge in [-0.05, 0) is 47.3 Å². The fraction of sp³-hybridized carbons (Fsp3) is 0.130. The monoisotopic (exact) mass is 457 g/mol. The van der Waals surface area contributed by atoms with Crippen LogP contribution < -0.4 is 4.74 Å². The quantitative estimate of drug-likeness (QED) is 0.326. The van der Waals surface area contributed by atoms with Crippen LogP contribution in [0.2, 0.25) is 5.02 Å². The van der Waals surface area contributed by atoms with Crippen LogP contribution in [-0.2, 0) is 16.1 Å². The van der Waals surface area contributed by atoms with Crippen LogP contribution in [0.15, 0.2) is 65.6 Å². The standard InChI is InChI=1S/C23H17ClFNO4S/c1-30-17-9-6-14(11-16(17)24)21(27)19-20(18-3-2-10-31-18)26(23(29)22(19)28)12-13-4-7-15(25)8-5-13/h2-11,20,27H,12H2,1H3/b21-19-. The lowest BCUT2D eigenvalue weighted by Crippen LogP contribution is -2.28. The van der Waals surface area contributed by atoms with E-state index in [4.69, 9.17) is 16.3 Å². The molecule has 1 unspecified atom stereocenters. The van der Waals surface area contributed by atoms with Gasteiger partial charge in [-0.25, -0.2) is 4.39 Å². The predicted octanol–water partition coefficient (Wildman–Crippen LogP) is 5.17. The van der Waals surface area contributed by atoms with Gasteiger partial charge in [-0.15, -0.1) is 11.3 Å². The number of nitrogens with zero attached hydrogens (tertiary/aromatic N) is 1. The molecular weight excluding hydrogens is 441 g/mol. The minimum absolute atomic E-state index is 0.0178. The van der Waals surface area contributed by atoms with Gasteiger partial charge in [-0.1, -0.05) is 29.8 Å². The van der Waals surface area contributed by atoms with Gasteiger partial charge in [0.05, 0.1) is 23.7 Å². The molecule has 0 bridgehead atoms. The molecule has 158 valence electrons. The molecule has 1 fully saturated rings. The van der Waals surface area contributed by atoms with Gasteiger partial charge < -0.3 is 14.7 Å². The third-order valence-corrected chi connectivity index (χ3v) is 6.26. The molecule has 1 aliphatic heterocycles. The second kappa shape index (κ2) is 8.53. The van der Waals surface area contributed by atoms with Crippen LogP contribution in [-0.4, -0.2) is 28.8 Å². The molecule has 1 N–H and O–H groups in total. The summed E-state index contributed by atoms with van der Waals surface area (Å²) in [6.45, 7) is 0.0908. The second-order valence-electron chi connectivity index (χ2n) is 6.92. The maximum Gasteiger partial charge on any atom is 0.295 e. The highest BCUT2D eigenvalue weighted by molar-refractivity contribution is 7.10. The summed E-state index contributed by atoms with van der Waals surface area (Å²) in [5.41, 5.74) is 0.945. The number of benzene rings is 2. The predicted molar refractivity (Wildman–Crippen MR) is 117 cm³/mol. The Bertz CT molecular complexity index is 1170. The number of aliphatic hydroxyl groups excluding tert-OH is 1. The number of aliphatic hydroxyl groups is 1. The number of amides is 1. The zero-order chi connectivity index (χ0) is 22.1. The van der Waals surface area contributed by atoms with Crippen LogP contribution in [0.3, 0.4) is 0 Å². The van der Waals surface area contributed by atoms with Crippen molar-refractivity contribution < 1.29 is 23.8 Å². The Kier molecular flexibility index (Phi) is 5.80. The lowest BCUT2D eigenvalue weighted by Gasteiger charge is -2.24. The largest absolute Gasteiger partial charge is 0.507 e. The molecule has 1 amide bonds. The smallest absolute Gasteiger partial charge is 0.295 e. The van der Waals surface area contributed by atoms with Gasteiger partial charge in [0.1, 0.15) is 17.3 Å². The molecule has 1 saturated heterocycles. The molecule has 8 heteroatoms. The molecule has 0 aliphatic carbocycles. The first-order chi connectivity index (χ1) is 14.9. The molecular formula is C23H17ClFNO4S. The number of halogens is 2. The fourth-order valence-corrected chi connectivity index (χ4v) is 4.64. The molecule has 0 spiro atoms. The maximum atomic E-state index is 13.3. The first-order valence-corrected chi connectivity index (χ1v) is 10.6. The van der Waals surface area contributed by atoms with Crippen molar-refractivity contribution in [1.29, 1.82) is 0 Å². The van der Waals surface area contributed by atoms with Crippen LogP contribution in [0, 0.1) is 5.82 Å². The van der Waals surface area contributed by atoms with Crippen molar-refractivity contribution in [1.82, 2.24) is 4.90 Å². The zero-order valence-corrected chi connectivity index (χ0v) is 17.9. The number of Topliss-reactive ketones (excluding diaryl/α,β-unsaturated/α-hetero) is 1. The summed E-state index contributed by atoms with van der Waals surface area (Å²) in [6, 6.07) is 13.2. The number of carbonyl (C=O) groups excluding carboxylic acids is 2. The number of ketones is 1. The first kappa shape index (κ1) is 21.1. The minimum Gasteiger partial charge on any atom is -0.507 e. The Hall–Kier alpha value is -3.16. The molecule has 0 radical (unpaired) electrons. The average molecular weight is 458 g/mol. The topological polar surface area (TPSA) is 66.8 Å². The summed E-state index contributed by atoms with van der Waals surface area (Å²) in [5, 5.41) is 13.1. The Morgan fingerprint density at radius 2 is 1.94 bits per heavy atom. The SMILES string of the molecule is COc1ccc(/C(O)=C2/C(=O)C(=O)N(Cc3ccc(F)cc3)C2c2cccs2)cc1Cl. The third-order valence-electron chi connectivity index (χ3n) is 5.04. The van der Waals surface area contributed by atoms with E-state index in [0.29, 0.717) is 16.9 Å². The van der Waals surface area contributed by atoms with E-state index in [1.807, 2.05) is 11.4 Å². The molecule has 1 aromatic heterocycles. The summed E-state index contributed by atoms with van der Waals surface area (Å²) < 4.78 is 18.4. The average Bonchev–Trinajstić information content (AvgIpc) is 3.37. The molecule has 0 saturated carbocycles. The Morgan fingerprint density at radius 1 is 1.19 bits per heavy atom. The highest BCUT2D eigenvalue weighted by Gasteiger charge is 2.46. The Morgan fingerprint density at radius 3 is 2.55 bits per heavy atom. The van der Waals surface area contributed by atoms with E-state index >= 15 is 0 Å². The van der Waals surface area contributed by atoms with E-state index in [-0.39, 0.29) is 22.9 Å². The molecule has 5 nitrogen and oxygen atoms in total. The number of thiophene rings is 1. The van der Waals surface area contributed by atoms with Crippen LogP contribution >= 0.6 is 22.9 Å². The lowest BCUT2D eigenvalue weighted by atomic mass is 9.99. The fourth-order valence-electron chi connectivity index (χ4n) is 3.54. The number of carbonyl (C=O) groups is 2. The van der Waals surface area contributed by atoms with E-state index < -0.39 is 23.5 Å². The molecule has 2 aromatic carbocycles. The van der Waals surface area contributed by atoms with Crippen LogP contribution in [0.25, 0.3) is 5.76 Å². The summed E-state index contributed by atoms with van der Waals surface area (Å²) in [4.78, 5) is 28.0. The van der Waals surface area contributed by atoms with Crippen LogP contribution in [0.5, 0.6) is 5.75 Å². The maximum absolute atomic E-state index is 13.3. The molecule has 2 heterocycles. The summed E-state index contributed by atoms with van der Waals surface area (Å²) >= 11 is 7.55. The van der Waals surface area contributed by atoms with Crippen molar-refractivity contribution in [2.75, 3.05) is 7.11 Å². The van der Waals surface area contributed by atoms with Gasteiger partial charge in [-0.2, -0.15) is 0 Å². The second-order valence-corrected chi connectivity index (χ2v) is 8.30. The van der Waals surface area contributed by atoms with Gasteiger partial charge in [0.25, 0.3) is 11.7 Å². The summed E-state index contributed by atoms with van der Waals surface area (Å²) in [6.07, 6.45) is 0. The van der Waals surface area contributed by atoms with Gasteiger partial charge in [0.15, 0.2) is 0 Å². The Labute approximate surface area is 187 Å². The van der Waals surface area contributed by atoms with Crippen molar-refractivity contribution in [2.45, 2.75) is 12.6 Å². The highest BCUT2D eigenvalue weighted by Crippen LogP contribution is 2.42. The van der Waals surface area contributed by atoms with E-state index in [9.17, 15) is 19.1 Å². The zero-order valence-electron chi connectivity index (χ0n) is 16.3. The number of ether oxygens (including phenoxy) is 1. The van der Waals surface area contributed by atoms with E-state index in [1.54, 1.807) is 30.3 Å². The lowest BCUT2D eigenvalue weighted by molar-refractivity contribution is -0.140. The third kappa shape index (κ3) is 3.94. The number of hydrogen-bond donors (Lipinski definition) is 1. The van der Waals surface area contributed by atoms with E-state index in [2.05, 4.69) is 0 Å². The molecule has 3 aromatic rings. The summed E-state index contributed by atoms with van der Waals surface area (Å²) in [7, 11) is 1.47. The normalized spacial score (nSPS) is 17.9.